The van der Waals surface area contributed by atoms with E-state index in [1.807, 2.05) is 18.2 Å². The Bertz CT molecular complexity index is 554. The normalized spacial score (nSPS) is 12.1. The van der Waals surface area contributed by atoms with Gasteiger partial charge < -0.3 is 14.8 Å². The molecule has 5 heteroatoms. The van der Waals surface area contributed by atoms with Crippen molar-refractivity contribution >= 4 is 17.5 Å². The van der Waals surface area contributed by atoms with Gasteiger partial charge in [-0.3, -0.25) is 4.79 Å². The largest absolute Gasteiger partial charge is 0.467 e. The van der Waals surface area contributed by atoms with Crippen molar-refractivity contribution in [3.05, 3.63) is 59.0 Å². The molecule has 0 aliphatic rings. The number of aryl methyl sites for hydroxylation is 1. The van der Waals surface area contributed by atoms with Crippen molar-refractivity contribution in [2.75, 3.05) is 6.54 Å². The highest BCUT2D eigenvalue weighted by molar-refractivity contribution is 6.31. The van der Waals surface area contributed by atoms with E-state index in [0.717, 1.165) is 5.56 Å². The van der Waals surface area contributed by atoms with E-state index >= 15 is 0 Å². The molecule has 1 unspecified atom stereocenters. The van der Waals surface area contributed by atoms with Crippen LogP contribution in [0.15, 0.2) is 47.1 Å². The van der Waals surface area contributed by atoms with E-state index in [4.69, 9.17) is 16.0 Å². The van der Waals surface area contributed by atoms with Crippen LogP contribution in [0.1, 0.15) is 23.8 Å². The van der Waals surface area contributed by atoms with Gasteiger partial charge in [0.2, 0.25) is 5.91 Å². The minimum Gasteiger partial charge on any atom is -0.467 e. The molecular formula is C15H16ClNO3. The highest BCUT2D eigenvalue weighted by atomic mass is 35.5. The van der Waals surface area contributed by atoms with Crippen LogP contribution in [0.2, 0.25) is 5.02 Å². The third kappa shape index (κ3) is 4.11. The van der Waals surface area contributed by atoms with Crippen LogP contribution in [0.5, 0.6) is 0 Å². The average molecular weight is 294 g/mol. The molecule has 0 radical (unpaired) electrons. The topological polar surface area (TPSA) is 62.5 Å². The lowest BCUT2D eigenvalue weighted by Gasteiger charge is -2.10. The minimum atomic E-state index is -0.825. The van der Waals surface area contributed by atoms with Gasteiger partial charge in [-0.2, -0.15) is 0 Å². The summed E-state index contributed by atoms with van der Waals surface area (Å²) < 4.78 is 5.05. The zero-order chi connectivity index (χ0) is 14.4. The fourth-order valence-electron chi connectivity index (χ4n) is 1.83. The number of carbonyl (C=O) groups excluding carboxylic acids is 1. The molecule has 1 aromatic heterocycles. The Hall–Kier alpha value is -1.78. The standard InChI is InChI=1S/C15H16ClNO3/c16-12-5-2-1-4-11(12)7-8-15(19)17-10-13(18)14-6-3-9-20-14/h1-6,9,13,18H,7-8,10H2,(H,17,19). The molecule has 0 aliphatic heterocycles. The molecule has 0 fully saturated rings. The number of benzene rings is 1. The van der Waals surface area contributed by atoms with Crippen molar-refractivity contribution in [3.63, 3.8) is 0 Å². The number of hydrogen-bond acceptors (Lipinski definition) is 3. The molecule has 0 saturated heterocycles. The monoisotopic (exact) mass is 293 g/mol. The number of hydrogen-bond donors (Lipinski definition) is 2. The van der Waals surface area contributed by atoms with E-state index in [2.05, 4.69) is 5.32 Å². The van der Waals surface area contributed by atoms with Crippen LogP contribution in [-0.2, 0) is 11.2 Å². The Morgan fingerprint density at radius 3 is 2.80 bits per heavy atom. The number of rotatable bonds is 6. The summed E-state index contributed by atoms with van der Waals surface area (Å²) in [5.74, 6) is 0.312. The molecule has 1 heterocycles. The number of aliphatic hydroxyl groups excluding tert-OH is 1. The molecule has 1 atom stereocenters. The van der Waals surface area contributed by atoms with Gasteiger partial charge in [0.05, 0.1) is 12.8 Å². The number of furan rings is 1. The number of nitrogens with one attached hydrogen (secondary N) is 1. The fourth-order valence-corrected chi connectivity index (χ4v) is 2.06. The lowest BCUT2D eigenvalue weighted by Crippen LogP contribution is -2.28. The summed E-state index contributed by atoms with van der Waals surface area (Å²) >= 11 is 6.02. The smallest absolute Gasteiger partial charge is 0.220 e. The first-order chi connectivity index (χ1) is 9.66. The molecule has 2 aromatic rings. The first kappa shape index (κ1) is 14.6. The molecule has 20 heavy (non-hydrogen) atoms. The second kappa shape index (κ2) is 7.12. The Labute approximate surface area is 122 Å². The van der Waals surface area contributed by atoms with Crippen LogP contribution < -0.4 is 5.32 Å². The van der Waals surface area contributed by atoms with Gasteiger partial charge >= 0.3 is 0 Å². The second-order valence-corrected chi connectivity index (χ2v) is 4.83. The van der Waals surface area contributed by atoms with E-state index < -0.39 is 6.10 Å². The van der Waals surface area contributed by atoms with Gasteiger partial charge in [0.15, 0.2) is 0 Å². The molecule has 4 nitrogen and oxygen atoms in total. The van der Waals surface area contributed by atoms with Crippen LogP contribution in [0, 0.1) is 0 Å². The Kier molecular flexibility index (Phi) is 5.21. The molecule has 1 amide bonds. The number of aliphatic hydroxyl groups is 1. The summed E-state index contributed by atoms with van der Waals surface area (Å²) in [5, 5.41) is 13.1. The van der Waals surface area contributed by atoms with Gasteiger partial charge in [0.1, 0.15) is 11.9 Å². The number of amides is 1. The third-order valence-corrected chi connectivity index (χ3v) is 3.31. The van der Waals surface area contributed by atoms with Gasteiger partial charge in [0.25, 0.3) is 0 Å². The summed E-state index contributed by atoms with van der Waals surface area (Å²) in [6.07, 6.45) is 1.56. The fraction of sp³-hybridized carbons (Fsp3) is 0.267. The average Bonchev–Trinajstić information content (AvgIpc) is 2.98. The highest BCUT2D eigenvalue weighted by Gasteiger charge is 2.12. The summed E-state index contributed by atoms with van der Waals surface area (Å²) in [7, 11) is 0. The van der Waals surface area contributed by atoms with Gasteiger partial charge in [-0.05, 0) is 30.2 Å². The molecular weight excluding hydrogens is 278 g/mol. The number of carbonyl (C=O) groups is 1. The zero-order valence-electron chi connectivity index (χ0n) is 10.9. The van der Waals surface area contributed by atoms with Crippen molar-refractivity contribution in [1.82, 2.24) is 5.32 Å². The Morgan fingerprint density at radius 1 is 1.30 bits per heavy atom. The lowest BCUT2D eigenvalue weighted by molar-refractivity contribution is -0.121. The third-order valence-electron chi connectivity index (χ3n) is 2.94. The van der Waals surface area contributed by atoms with E-state index in [-0.39, 0.29) is 12.5 Å². The van der Waals surface area contributed by atoms with Crippen LogP contribution in [0.3, 0.4) is 0 Å². The predicted octanol–water partition coefficient (Wildman–Crippen LogP) is 2.72. The molecule has 106 valence electrons. The molecule has 0 aliphatic carbocycles. The number of halogens is 1. The van der Waals surface area contributed by atoms with Gasteiger partial charge in [-0.15, -0.1) is 0 Å². The van der Waals surface area contributed by atoms with E-state index in [1.165, 1.54) is 6.26 Å². The van der Waals surface area contributed by atoms with Crippen LogP contribution >= 0.6 is 11.6 Å². The van der Waals surface area contributed by atoms with E-state index in [9.17, 15) is 9.90 Å². The molecule has 0 spiro atoms. The molecule has 1 aromatic carbocycles. The SMILES string of the molecule is O=C(CCc1ccccc1Cl)NCC(O)c1ccco1. The maximum absolute atomic E-state index is 11.7. The first-order valence-corrected chi connectivity index (χ1v) is 6.76. The molecule has 0 bridgehead atoms. The predicted molar refractivity (Wildman–Crippen MR) is 76.5 cm³/mol. The van der Waals surface area contributed by atoms with Crippen molar-refractivity contribution in [1.29, 1.82) is 0 Å². The Morgan fingerprint density at radius 2 is 2.10 bits per heavy atom. The van der Waals surface area contributed by atoms with Crippen molar-refractivity contribution in [2.24, 2.45) is 0 Å². The summed E-state index contributed by atoms with van der Waals surface area (Å²) in [6.45, 7) is 0.134. The van der Waals surface area contributed by atoms with Gasteiger partial charge in [-0.1, -0.05) is 29.8 Å². The van der Waals surface area contributed by atoms with Crippen LogP contribution in [-0.4, -0.2) is 17.6 Å². The van der Waals surface area contributed by atoms with Gasteiger partial charge in [0, 0.05) is 11.4 Å². The quantitative estimate of drug-likeness (QED) is 0.861. The van der Waals surface area contributed by atoms with Crippen molar-refractivity contribution in [2.45, 2.75) is 18.9 Å². The van der Waals surface area contributed by atoms with E-state index in [0.29, 0.717) is 23.6 Å². The second-order valence-electron chi connectivity index (χ2n) is 4.43. The maximum Gasteiger partial charge on any atom is 0.220 e. The van der Waals surface area contributed by atoms with Crippen LogP contribution in [0.25, 0.3) is 0 Å². The summed E-state index contributed by atoms with van der Waals surface area (Å²) in [5.41, 5.74) is 0.941. The lowest BCUT2D eigenvalue weighted by atomic mass is 10.1. The first-order valence-electron chi connectivity index (χ1n) is 6.38. The van der Waals surface area contributed by atoms with Gasteiger partial charge in [-0.25, -0.2) is 0 Å². The van der Waals surface area contributed by atoms with E-state index in [1.54, 1.807) is 18.2 Å². The maximum atomic E-state index is 11.7. The Balaban J connectivity index is 1.75. The minimum absolute atomic E-state index is 0.129. The van der Waals surface area contributed by atoms with Crippen LogP contribution in [0.4, 0.5) is 0 Å². The molecule has 2 rings (SSSR count). The summed E-state index contributed by atoms with van der Waals surface area (Å²) in [6, 6.07) is 10.8. The zero-order valence-corrected chi connectivity index (χ0v) is 11.6. The molecule has 0 saturated carbocycles. The summed E-state index contributed by atoms with van der Waals surface area (Å²) in [4.78, 5) is 11.7. The van der Waals surface area contributed by atoms with Crippen molar-refractivity contribution in [3.8, 4) is 0 Å². The van der Waals surface area contributed by atoms with Crippen molar-refractivity contribution < 1.29 is 14.3 Å². The molecule has 2 N–H and O–H groups in total. The highest BCUT2D eigenvalue weighted by Crippen LogP contribution is 2.16.